The predicted molar refractivity (Wildman–Crippen MR) is 110 cm³/mol. The maximum Gasteiger partial charge on any atom is 0.258 e. The summed E-state index contributed by atoms with van der Waals surface area (Å²) in [5.74, 6) is -1.91. The minimum absolute atomic E-state index is 0.270. The Balaban J connectivity index is 2.13. The third kappa shape index (κ3) is 4.70. The highest BCUT2D eigenvalue weighted by Gasteiger charge is 2.17. The Kier molecular flexibility index (Phi) is 6.09. The summed E-state index contributed by atoms with van der Waals surface area (Å²) in [4.78, 5) is 37.9. The van der Waals surface area contributed by atoms with Crippen molar-refractivity contribution in [2.75, 3.05) is 0 Å². The molecule has 0 aliphatic rings. The smallest absolute Gasteiger partial charge is 0.258 e. The molecule has 29 heavy (non-hydrogen) atoms. The molecule has 0 aliphatic carbocycles. The molecule has 0 aliphatic heterocycles. The van der Waals surface area contributed by atoms with Crippen molar-refractivity contribution in [1.29, 1.82) is 0 Å². The molecule has 0 spiro atoms. The number of aromatic nitrogens is 1. The minimum Gasteiger partial charge on any atom is -0.550 e. The van der Waals surface area contributed by atoms with Gasteiger partial charge in [-0.1, -0.05) is 41.9 Å². The monoisotopic (exact) mass is 410 g/mol. The van der Waals surface area contributed by atoms with Gasteiger partial charge in [-0.15, -0.1) is 0 Å². The van der Waals surface area contributed by atoms with Gasteiger partial charge in [-0.25, -0.2) is 5.43 Å². The number of halogens is 1. The maximum atomic E-state index is 12.8. The Hall–Kier alpha value is -3.45. The van der Waals surface area contributed by atoms with Gasteiger partial charge in [-0.05, 0) is 37.1 Å². The number of carboxylic acid groups (broad SMARTS) is 1. The average Bonchev–Trinajstić information content (AvgIpc) is 2.70. The first-order valence-electron chi connectivity index (χ1n) is 8.81. The van der Waals surface area contributed by atoms with Gasteiger partial charge in [-0.3, -0.25) is 9.59 Å². The number of hydrogen-bond acceptors (Lipinski definition) is 5. The number of carbonyl (C=O) groups excluding carboxylic acids is 2. The predicted octanol–water partition coefficient (Wildman–Crippen LogP) is 2.22. The van der Waals surface area contributed by atoms with Crippen molar-refractivity contribution in [2.24, 2.45) is 5.10 Å². The number of benzene rings is 2. The molecule has 0 saturated carbocycles. The van der Waals surface area contributed by atoms with Crippen molar-refractivity contribution in [3.63, 3.8) is 0 Å². The van der Waals surface area contributed by atoms with Crippen LogP contribution in [0, 0.1) is 0 Å². The van der Waals surface area contributed by atoms with Crippen molar-refractivity contribution in [2.45, 2.75) is 19.8 Å². The zero-order valence-electron chi connectivity index (χ0n) is 15.5. The number of amides is 1. The van der Waals surface area contributed by atoms with E-state index in [0.29, 0.717) is 16.1 Å². The van der Waals surface area contributed by atoms with Crippen molar-refractivity contribution < 1.29 is 14.7 Å². The lowest BCUT2D eigenvalue weighted by Crippen LogP contribution is -2.27. The number of H-pyrrole nitrogens is 1. The third-order valence-corrected chi connectivity index (χ3v) is 4.54. The van der Waals surface area contributed by atoms with E-state index >= 15 is 0 Å². The van der Waals surface area contributed by atoms with Crippen molar-refractivity contribution in [1.82, 2.24) is 10.4 Å². The number of nitrogens with zero attached hydrogens (tertiary/aromatic N) is 1. The van der Waals surface area contributed by atoms with E-state index in [1.807, 2.05) is 30.3 Å². The van der Waals surface area contributed by atoms with Gasteiger partial charge in [0.1, 0.15) is 0 Å². The first-order valence-corrected chi connectivity index (χ1v) is 9.19. The van der Waals surface area contributed by atoms with Crippen molar-refractivity contribution in [3.8, 4) is 11.1 Å². The molecule has 148 valence electrons. The molecule has 8 heteroatoms. The summed E-state index contributed by atoms with van der Waals surface area (Å²) in [6.07, 6.45) is -0.681. The largest absolute Gasteiger partial charge is 0.550 e. The second kappa shape index (κ2) is 8.70. The van der Waals surface area contributed by atoms with Crippen LogP contribution in [-0.2, 0) is 9.59 Å². The summed E-state index contributed by atoms with van der Waals surface area (Å²) in [5, 5.41) is 15.7. The van der Waals surface area contributed by atoms with Crippen LogP contribution in [0.25, 0.3) is 22.0 Å². The zero-order valence-corrected chi connectivity index (χ0v) is 16.2. The van der Waals surface area contributed by atoms with E-state index in [1.165, 1.54) is 0 Å². The molecule has 0 atom stereocenters. The van der Waals surface area contributed by atoms with Crippen LogP contribution in [0.1, 0.15) is 25.3 Å². The number of aromatic amines is 1. The fourth-order valence-electron chi connectivity index (χ4n) is 2.99. The normalized spacial score (nSPS) is 11.4. The summed E-state index contributed by atoms with van der Waals surface area (Å²) in [6.45, 7) is 1.59. The molecule has 1 heterocycles. The molecule has 0 fully saturated rings. The van der Waals surface area contributed by atoms with Crippen LogP contribution in [0.15, 0.2) is 58.4 Å². The number of rotatable bonds is 6. The number of hydrazone groups is 1. The van der Waals surface area contributed by atoms with E-state index in [0.717, 1.165) is 10.9 Å². The molecule has 2 aromatic carbocycles. The molecule has 7 nitrogen and oxygen atoms in total. The number of fused-ring (bicyclic) bond motifs is 1. The molecule has 3 aromatic rings. The number of aliphatic carboxylic acids is 1. The van der Waals surface area contributed by atoms with Gasteiger partial charge in [-0.2, -0.15) is 5.10 Å². The van der Waals surface area contributed by atoms with E-state index in [2.05, 4.69) is 15.5 Å². The summed E-state index contributed by atoms with van der Waals surface area (Å²) >= 11 is 6.18. The Morgan fingerprint density at radius 3 is 2.55 bits per heavy atom. The molecule has 0 unspecified atom stereocenters. The van der Waals surface area contributed by atoms with Crippen LogP contribution in [0.2, 0.25) is 5.02 Å². The second-order valence-electron chi connectivity index (χ2n) is 6.36. The SMILES string of the molecule is C/C(=N\NC(=O)CCC(=O)[O-])c1c(-c2ccccc2)c2cc(Cl)ccc2[nH]c1=O. The highest BCUT2D eigenvalue weighted by atomic mass is 35.5. The van der Waals surface area contributed by atoms with Gasteiger partial charge in [0.25, 0.3) is 5.56 Å². The zero-order chi connectivity index (χ0) is 21.0. The first kappa shape index (κ1) is 20.3. The highest BCUT2D eigenvalue weighted by molar-refractivity contribution is 6.31. The Morgan fingerprint density at radius 2 is 1.86 bits per heavy atom. The number of pyridine rings is 1. The summed E-state index contributed by atoms with van der Waals surface area (Å²) < 4.78 is 0. The second-order valence-corrected chi connectivity index (χ2v) is 6.80. The minimum atomic E-state index is -1.32. The first-order chi connectivity index (χ1) is 13.9. The Labute approximate surface area is 171 Å². The standard InChI is InChI=1S/C21H18ClN3O4/c1-12(24-25-17(26)9-10-18(27)28)19-20(13-5-3-2-4-6-13)15-11-14(22)7-8-16(15)23-21(19)29/h2-8,11H,9-10H2,1H3,(H,23,29)(H,25,26)(H,27,28)/p-1/b24-12+. The topological polar surface area (TPSA) is 114 Å². The van der Waals surface area contributed by atoms with E-state index in [1.54, 1.807) is 25.1 Å². The quantitative estimate of drug-likeness (QED) is 0.479. The number of nitrogens with one attached hydrogen (secondary N) is 2. The average molecular weight is 411 g/mol. The van der Waals surface area contributed by atoms with Crippen LogP contribution in [0.5, 0.6) is 0 Å². The fraction of sp³-hybridized carbons (Fsp3) is 0.143. The highest BCUT2D eigenvalue weighted by Crippen LogP contribution is 2.31. The fourth-order valence-corrected chi connectivity index (χ4v) is 3.16. The molecule has 3 rings (SSSR count). The lowest BCUT2D eigenvalue weighted by Gasteiger charge is -2.13. The van der Waals surface area contributed by atoms with E-state index in [9.17, 15) is 19.5 Å². The van der Waals surface area contributed by atoms with Crippen LogP contribution in [-0.4, -0.2) is 22.6 Å². The van der Waals surface area contributed by atoms with E-state index in [4.69, 9.17) is 11.6 Å². The summed E-state index contributed by atoms with van der Waals surface area (Å²) in [6, 6.07) is 14.5. The Bertz CT molecular complexity index is 1170. The van der Waals surface area contributed by atoms with Crippen LogP contribution in [0.4, 0.5) is 0 Å². The van der Waals surface area contributed by atoms with E-state index in [-0.39, 0.29) is 23.3 Å². The number of carbonyl (C=O) groups is 2. The van der Waals surface area contributed by atoms with E-state index < -0.39 is 18.3 Å². The maximum absolute atomic E-state index is 12.8. The van der Waals surface area contributed by atoms with Gasteiger partial charge in [0.05, 0.1) is 11.3 Å². The van der Waals surface area contributed by atoms with Crippen molar-refractivity contribution in [3.05, 3.63) is 69.5 Å². The number of hydrogen-bond donors (Lipinski definition) is 2. The molecule has 0 bridgehead atoms. The summed E-state index contributed by atoms with van der Waals surface area (Å²) in [5.41, 5.74) is 4.51. The van der Waals surface area contributed by atoms with Crippen LogP contribution in [0.3, 0.4) is 0 Å². The van der Waals surface area contributed by atoms with Crippen LogP contribution >= 0.6 is 11.6 Å². The molecule has 0 radical (unpaired) electrons. The summed E-state index contributed by atoms with van der Waals surface area (Å²) in [7, 11) is 0. The number of carboxylic acids is 1. The van der Waals surface area contributed by atoms with Gasteiger partial charge >= 0.3 is 0 Å². The lowest BCUT2D eigenvalue weighted by molar-refractivity contribution is -0.305. The van der Waals surface area contributed by atoms with Gasteiger partial charge in [0, 0.05) is 33.9 Å². The Morgan fingerprint density at radius 1 is 1.14 bits per heavy atom. The lowest BCUT2D eigenvalue weighted by atomic mass is 9.94. The molecule has 1 amide bonds. The third-order valence-electron chi connectivity index (χ3n) is 4.30. The molecule has 0 saturated heterocycles. The van der Waals surface area contributed by atoms with Crippen LogP contribution < -0.4 is 16.1 Å². The van der Waals surface area contributed by atoms with Gasteiger partial charge < -0.3 is 14.9 Å². The van der Waals surface area contributed by atoms with Gasteiger partial charge in [0.15, 0.2) is 0 Å². The van der Waals surface area contributed by atoms with Crippen molar-refractivity contribution >= 4 is 40.1 Å². The molecular formula is C21H17ClN3O4-. The molecular weight excluding hydrogens is 394 g/mol. The van der Waals surface area contributed by atoms with Gasteiger partial charge in [0.2, 0.25) is 5.91 Å². The molecule has 1 aromatic heterocycles. The molecule has 2 N–H and O–H groups in total.